The molecule has 1 rings (SSSR count). The second kappa shape index (κ2) is 5.78. The lowest BCUT2D eigenvalue weighted by molar-refractivity contribution is 0.114. The van der Waals surface area contributed by atoms with Crippen molar-refractivity contribution in [2.45, 2.75) is 59.8 Å². The summed E-state index contributed by atoms with van der Waals surface area (Å²) in [4.78, 5) is 0. The van der Waals surface area contributed by atoms with Gasteiger partial charge in [-0.3, -0.25) is 0 Å². The predicted molar refractivity (Wildman–Crippen MR) is 64.0 cm³/mol. The standard InChI is InChI=1S/C14H27/c1-5-11-9-10-12(6-2)14(8-4)13(11)7-3/h9,11-14H,5-8,10H2,1-4H3. The van der Waals surface area contributed by atoms with Gasteiger partial charge < -0.3 is 0 Å². The van der Waals surface area contributed by atoms with Crippen LogP contribution in [-0.4, -0.2) is 0 Å². The van der Waals surface area contributed by atoms with Gasteiger partial charge >= 0.3 is 0 Å². The van der Waals surface area contributed by atoms with Crippen LogP contribution in [0, 0.1) is 30.1 Å². The Morgan fingerprint density at radius 2 is 1.50 bits per heavy atom. The quantitative estimate of drug-likeness (QED) is 0.610. The first-order valence-electron chi connectivity index (χ1n) is 6.61. The van der Waals surface area contributed by atoms with Crippen LogP contribution in [0.3, 0.4) is 0 Å². The van der Waals surface area contributed by atoms with E-state index in [4.69, 9.17) is 0 Å². The van der Waals surface area contributed by atoms with E-state index in [1.807, 2.05) is 0 Å². The summed E-state index contributed by atoms with van der Waals surface area (Å²) < 4.78 is 0. The van der Waals surface area contributed by atoms with Gasteiger partial charge in [0.2, 0.25) is 0 Å². The molecule has 4 atom stereocenters. The van der Waals surface area contributed by atoms with Crippen LogP contribution < -0.4 is 0 Å². The molecule has 0 N–H and O–H groups in total. The summed E-state index contributed by atoms with van der Waals surface area (Å²) in [7, 11) is 0. The van der Waals surface area contributed by atoms with Crippen molar-refractivity contribution in [1.29, 1.82) is 0 Å². The minimum atomic E-state index is 0.910. The molecule has 83 valence electrons. The Morgan fingerprint density at radius 3 is 1.93 bits per heavy atom. The highest BCUT2D eigenvalue weighted by atomic mass is 14.4. The fourth-order valence-electron chi connectivity index (χ4n) is 3.55. The SMILES string of the molecule is CCC1[CH]CC(CC)C(CC)C1CC. The normalized spacial score (nSPS) is 38.6. The molecule has 0 nitrogen and oxygen atoms in total. The van der Waals surface area contributed by atoms with Crippen molar-refractivity contribution in [1.82, 2.24) is 0 Å². The molecule has 0 aromatic carbocycles. The topological polar surface area (TPSA) is 0 Å². The van der Waals surface area contributed by atoms with Gasteiger partial charge in [0.1, 0.15) is 0 Å². The van der Waals surface area contributed by atoms with Crippen LogP contribution in [0.4, 0.5) is 0 Å². The minimum absolute atomic E-state index is 0.910. The third-order valence-electron chi connectivity index (χ3n) is 4.39. The first-order chi connectivity index (χ1) is 6.78. The maximum atomic E-state index is 2.62. The van der Waals surface area contributed by atoms with Crippen LogP contribution in [0.15, 0.2) is 0 Å². The van der Waals surface area contributed by atoms with Crippen molar-refractivity contribution in [3.8, 4) is 0 Å². The van der Waals surface area contributed by atoms with Crippen LogP contribution in [0.1, 0.15) is 59.8 Å². The molecule has 0 aromatic rings. The van der Waals surface area contributed by atoms with Crippen molar-refractivity contribution in [3.63, 3.8) is 0 Å². The third kappa shape index (κ3) is 2.32. The Bertz CT molecular complexity index is 132. The van der Waals surface area contributed by atoms with Gasteiger partial charge in [-0.05, 0) is 36.5 Å². The molecule has 1 fully saturated rings. The minimum Gasteiger partial charge on any atom is -0.0651 e. The van der Waals surface area contributed by atoms with Crippen molar-refractivity contribution in [2.24, 2.45) is 23.7 Å². The van der Waals surface area contributed by atoms with Gasteiger partial charge in [-0.25, -0.2) is 0 Å². The lowest BCUT2D eigenvalue weighted by atomic mass is 9.63. The number of hydrogen-bond donors (Lipinski definition) is 0. The zero-order chi connectivity index (χ0) is 10.6. The molecule has 0 bridgehead atoms. The smallest absolute Gasteiger partial charge is 0.0349 e. The van der Waals surface area contributed by atoms with Crippen molar-refractivity contribution < 1.29 is 0 Å². The number of rotatable bonds is 4. The van der Waals surface area contributed by atoms with E-state index < -0.39 is 0 Å². The zero-order valence-corrected chi connectivity index (χ0v) is 10.4. The Balaban J connectivity index is 2.67. The fraction of sp³-hybridized carbons (Fsp3) is 0.929. The fourth-order valence-corrected chi connectivity index (χ4v) is 3.55. The highest BCUT2D eigenvalue weighted by Crippen LogP contribution is 2.44. The third-order valence-corrected chi connectivity index (χ3v) is 4.39. The van der Waals surface area contributed by atoms with Crippen LogP contribution in [0.5, 0.6) is 0 Å². The van der Waals surface area contributed by atoms with Crippen LogP contribution in [-0.2, 0) is 0 Å². The second-order valence-electron chi connectivity index (χ2n) is 4.86. The van der Waals surface area contributed by atoms with E-state index >= 15 is 0 Å². The summed E-state index contributed by atoms with van der Waals surface area (Å²) in [5.74, 6) is 3.86. The molecule has 1 aliphatic carbocycles. The van der Waals surface area contributed by atoms with Gasteiger partial charge in [-0.15, -0.1) is 0 Å². The largest absolute Gasteiger partial charge is 0.0651 e. The Labute approximate surface area is 90.5 Å². The van der Waals surface area contributed by atoms with Crippen molar-refractivity contribution in [2.75, 3.05) is 0 Å². The lowest BCUT2D eigenvalue weighted by Crippen LogP contribution is -2.34. The van der Waals surface area contributed by atoms with Gasteiger partial charge in [0.25, 0.3) is 0 Å². The van der Waals surface area contributed by atoms with E-state index in [1.54, 1.807) is 0 Å². The molecular formula is C14H27. The molecule has 1 aliphatic rings. The first kappa shape index (κ1) is 12.1. The molecule has 0 heterocycles. The zero-order valence-electron chi connectivity index (χ0n) is 10.4. The maximum absolute atomic E-state index is 2.62. The van der Waals surface area contributed by atoms with Gasteiger partial charge in [0.05, 0.1) is 0 Å². The predicted octanol–water partition coefficient (Wildman–Crippen LogP) is 4.70. The van der Waals surface area contributed by atoms with Crippen molar-refractivity contribution in [3.05, 3.63) is 6.42 Å². The Morgan fingerprint density at radius 1 is 0.857 bits per heavy atom. The van der Waals surface area contributed by atoms with Crippen LogP contribution in [0.2, 0.25) is 0 Å². The van der Waals surface area contributed by atoms with Crippen molar-refractivity contribution >= 4 is 0 Å². The van der Waals surface area contributed by atoms with E-state index in [0.29, 0.717) is 0 Å². The van der Waals surface area contributed by atoms with E-state index in [-0.39, 0.29) is 0 Å². The lowest BCUT2D eigenvalue weighted by Gasteiger charge is -2.42. The monoisotopic (exact) mass is 195 g/mol. The average molecular weight is 195 g/mol. The summed E-state index contributed by atoms with van der Waals surface area (Å²) in [5.41, 5.74) is 0. The first-order valence-corrected chi connectivity index (χ1v) is 6.61. The molecule has 0 saturated heterocycles. The van der Waals surface area contributed by atoms with Crippen LogP contribution >= 0.6 is 0 Å². The summed E-state index contributed by atoms with van der Waals surface area (Å²) >= 11 is 0. The second-order valence-corrected chi connectivity index (χ2v) is 4.86. The molecular weight excluding hydrogens is 168 g/mol. The Kier molecular flexibility index (Phi) is 4.98. The van der Waals surface area contributed by atoms with Gasteiger partial charge in [-0.1, -0.05) is 53.4 Å². The highest BCUT2D eigenvalue weighted by molar-refractivity contribution is 4.94. The molecule has 1 saturated carbocycles. The summed E-state index contributed by atoms with van der Waals surface area (Å²) in [5, 5.41) is 0. The highest BCUT2D eigenvalue weighted by Gasteiger charge is 2.35. The average Bonchev–Trinajstić information content (AvgIpc) is 2.26. The maximum Gasteiger partial charge on any atom is -0.0349 e. The summed E-state index contributed by atoms with van der Waals surface area (Å²) in [6.07, 6.45) is 9.50. The van der Waals surface area contributed by atoms with E-state index in [1.165, 1.54) is 32.1 Å². The molecule has 0 heteroatoms. The summed E-state index contributed by atoms with van der Waals surface area (Å²) in [6, 6.07) is 0. The van der Waals surface area contributed by atoms with E-state index in [9.17, 15) is 0 Å². The molecule has 0 amide bonds. The van der Waals surface area contributed by atoms with Gasteiger partial charge in [-0.2, -0.15) is 0 Å². The van der Waals surface area contributed by atoms with Gasteiger partial charge in [0.15, 0.2) is 0 Å². The van der Waals surface area contributed by atoms with Crippen LogP contribution in [0.25, 0.3) is 0 Å². The molecule has 0 aliphatic heterocycles. The van der Waals surface area contributed by atoms with Gasteiger partial charge in [0, 0.05) is 0 Å². The molecule has 1 radical (unpaired) electrons. The molecule has 0 spiro atoms. The molecule has 4 unspecified atom stereocenters. The molecule has 0 aromatic heterocycles. The molecule has 14 heavy (non-hydrogen) atoms. The van der Waals surface area contributed by atoms with E-state index in [2.05, 4.69) is 34.1 Å². The Hall–Kier alpha value is 0. The summed E-state index contributed by atoms with van der Waals surface area (Å²) in [6.45, 7) is 9.47. The van der Waals surface area contributed by atoms with E-state index in [0.717, 1.165) is 23.7 Å². The number of hydrogen-bond acceptors (Lipinski definition) is 0.